The molecule has 3 aliphatic rings. The van der Waals surface area contributed by atoms with Gasteiger partial charge in [-0.05, 0) is 57.9 Å². The SMILES string of the molecule is Cc1cc(C(=O)N2CCC(C(=O)N3CCC4(CCCCO4)CC3)CC2)nn1C. The number of amides is 2. The van der Waals surface area contributed by atoms with E-state index in [1.165, 1.54) is 12.8 Å². The van der Waals surface area contributed by atoms with Crippen LogP contribution in [0.5, 0.6) is 0 Å². The molecule has 154 valence electrons. The number of aromatic nitrogens is 2. The fourth-order valence-corrected chi connectivity index (χ4v) is 4.85. The number of carbonyl (C=O) groups excluding carboxylic acids is 2. The molecule has 7 heteroatoms. The number of likely N-dealkylation sites (tertiary alicyclic amines) is 2. The Morgan fingerprint density at radius 3 is 2.36 bits per heavy atom. The van der Waals surface area contributed by atoms with E-state index < -0.39 is 0 Å². The van der Waals surface area contributed by atoms with Gasteiger partial charge in [-0.15, -0.1) is 0 Å². The van der Waals surface area contributed by atoms with E-state index in [1.807, 2.05) is 29.8 Å². The van der Waals surface area contributed by atoms with Gasteiger partial charge >= 0.3 is 0 Å². The Balaban J connectivity index is 1.28. The lowest BCUT2D eigenvalue weighted by Crippen LogP contribution is -2.52. The average Bonchev–Trinajstić information content (AvgIpc) is 3.07. The first kappa shape index (κ1) is 19.4. The maximum absolute atomic E-state index is 13.0. The molecule has 4 heterocycles. The van der Waals surface area contributed by atoms with Crippen LogP contribution in [-0.4, -0.2) is 69.8 Å². The molecule has 3 saturated heterocycles. The fraction of sp³-hybridized carbons (Fsp3) is 0.762. The standard InChI is InChI=1S/C21H32N4O3/c1-16-15-18(22-23(16)2)20(27)24-10-5-17(6-11-24)19(26)25-12-8-21(9-13-25)7-3-4-14-28-21/h15,17H,3-14H2,1-2H3. The van der Waals surface area contributed by atoms with Crippen LogP contribution < -0.4 is 0 Å². The summed E-state index contributed by atoms with van der Waals surface area (Å²) >= 11 is 0. The first-order valence-electron chi connectivity index (χ1n) is 10.7. The Morgan fingerprint density at radius 1 is 1.07 bits per heavy atom. The molecule has 0 aromatic carbocycles. The summed E-state index contributed by atoms with van der Waals surface area (Å²) in [5.41, 5.74) is 1.50. The van der Waals surface area contributed by atoms with Crippen molar-refractivity contribution >= 4 is 11.8 Å². The van der Waals surface area contributed by atoms with E-state index in [1.54, 1.807) is 4.68 Å². The molecule has 1 aromatic rings. The van der Waals surface area contributed by atoms with Crippen LogP contribution in [0.1, 0.15) is 61.1 Å². The Labute approximate surface area is 167 Å². The van der Waals surface area contributed by atoms with Gasteiger partial charge in [-0.25, -0.2) is 0 Å². The van der Waals surface area contributed by atoms with Crippen LogP contribution >= 0.6 is 0 Å². The molecule has 0 radical (unpaired) electrons. The first-order chi connectivity index (χ1) is 13.5. The van der Waals surface area contributed by atoms with Crippen LogP contribution in [0.25, 0.3) is 0 Å². The predicted octanol–water partition coefficient (Wildman–Crippen LogP) is 2.14. The lowest BCUT2D eigenvalue weighted by molar-refractivity contribution is -0.147. The minimum absolute atomic E-state index is 0.0241. The van der Waals surface area contributed by atoms with Crippen molar-refractivity contribution in [1.29, 1.82) is 0 Å². The number of aryl methyl sites for hydroxylation is 2. The van der Waals surface area contributed by atoms with Gasteiger partial charge in [0.05, 0.1) is 5.60 Å². The van der Waals surface area contributed by atoms with Crippen LogP contribution in [0, 0.1) is 12.8 Å². The molecule has 0 unspecified atom stereocenters. The van der Waals surface area contributed by atoms with Crippen molar-refractivity contribution in [1.82, 2.24) is 19.6 Å². The van der Waals surface area contributed by atoms with E-state index in [4.69, 9.17) is 4.74 Å². The van der Waals surface area contributed by atoms with Gasteiger partial charge < -0.3 is 14.5 Å². The maximum atomic E-state index is 13.0. The number of hydrogen-bond acceptors (Lipinski definition) is 4. The molecule has 0 atom stereocenters. The molecule has 7 nitrogen and oxygen atoms in total. The van der Waals surface area contributed by atoms with Gasteiger partial charge in [0.2, 0.25) is 5.91 Å². The van der Waals surface area contributed by atoms with Crippen molar-refractivity contribution in [2.45, 2.75) is 57.5 Å². The van der Waals surface area contributed by atoms with Crippen LogP contribution in [-0.2, 0) is 16.6 Å². The average molecular weight is 389 g/mol. The molecule has 1 spiro atoms. The topological polar surface area (TPSA) is 67.7 Å². The second-order valence-corrected chi connectivity index (χ2v) is 8.67. The summed E-state index contributed by atoms with van der Waals surface area (Å²) in [6.07, 6.45) is 6.98. The predicted molar refractivity (Wildman–Crippen MR) is 105 cm³/mol. The summed E-state index contributed by atoms with van der Waals surface area (Å²) in [5, 5.41) is 4.29. The van der Waals surface area contributed by atoms with E-state index in [0.29, 0.717) is 18.8 Å². The number of rotatable bonds is 2. The Bertz CT molecular complexity index is 701. The highest BCUT2D eigenvalue weighted by molar-refractivity contribution is 5.92. The van der Waals surface area contributed by atoms with Gasteiger partial charge in [0.1, 0.15) is 0 Å². The van der Waals surface area contributed by atoms with Gasteiger partial charge in [0, 0.05) is 51.4 Å². The highest BCUT2D eigenvalue weighted by Gasteiger charge is 2.39. The van der Waals surface area contributed by atoms with Crippen molar-refractivity contribution in [2.24, 2.45) is 13.0 Å². The number of hydrogen-bond donors (Lipinski definition) is 0. The Morgan fingerprint density at radius 2 is 1.79 bits per heavy atom. The van der Waals surface area contributed by atoms with Gasteiger partial charge in [-0.2, -0.15) is 5.10 Å². The summed E-state index contributed by atoms with van der Waals surface area (Å²) in [7, 11) is 1.85. The number of piperidine rings is 2. The molecule has 1 aromatic heterocycles. The monoisotopic (exact) mass is 388 g/mol. The molecule has 0 bridgehead atoms. The van der Waals surface area contributed by atoms with Crippen molar-refractivity contribution < 1.29 is 14.3 Å². The smallest absolute Gasteiger partial charge is 0.274 e. The van der Waals surface area contributed by atoms with Crippen molar-refractivity contribution in [3.63, 3.8) is 0 Å². The van der Waals surface area contributed by atoms with Crippen LogP contribution in [0.2, 0.25) is 0 Å². The third-order valence-electron chi connectivity index (χ3n) is 6.89. The lowest BCUT2D eigenvalue weighted by atomic mass is 9.84. The maximum Gasteiger partial charge on any atom is 0.274 e. The molecule has 0 aliphatic carbocycles. The summed E-state index contributed by atoms with van der Waals surface area (Å²) in [6.45, 7) is 5.69. The Hall–Kier alpha value is -1.89. The van der Waals surface area contributed by atoms with E-state index in [-0.39, 0.29) is 23.3 Å². The number of carbonyl (C=O) groups is 2. The quantitative estimate of drug-likeness (QED) is 0.779. The third-order valence-corrected chi connectivity index (χ3v) is 6.89. The zero-order valence-corrected chi connectivity index (χ0v) is 17.2. The Kier molecular flexibility index (Phi) is 5.45. The first-order valence-corrected chi connectivity index (χ1v) is 10.7. The van der Waals surface area contributed by atoms with E-state index in [9.17, 15) is 9.59 Å². The zero-order chi connectivity index (χ0) is 19.7. The second kappa shape index (κ2) is 7.85. The fourth-order valence-electron chi connectivity index (χ4n) is 4.85. The summed E-state index contributed by atoms with van der Waals surface area (Å²) in [4.78, 5) is 29.5. The van der Waals surface area contributed by atoms with Crippen LogP contribution in [0.15, 0.2) is 6.07 Å². The van der Waals surface area contributed by atoms with Crippen molar-refractivity contribution in [3.05, 3.63) is 17.5 Å². The largest absolute Gasteiger partial charge is 0.375 e. The van der Waals surface area contributed by atoms with Gasteiger partial charge in [-0.1, -0.05) is 0 Å². The molecule has 2 amide bonds. The summed E-state index contributed by atoms with van der Waals surface area (Å²) < 4.78 is 7.81. The molecular weight excluding hydrogens is 356 g/mol. The molecule has 3 aliphatic heterocycles. The number of nitrogens with zero attached hydrogens (tertiary/aromatic N) is 4. The summed E-state index contributed by atoms with van der Waals surface area (Å²) in [5.74, 6) is 0.284. The molecule has 0 saturated carbocycles. The summed E-state index contributed by atoms with van der Waals surface area (Å²) in [6, 6.07) is 1.83. The minimum Gasteiger partial charge on any atom is -0.375 e. The van der Waals surface area contributed by atoms with E-state index in [0.717, 1.165) is 57.5 Å². The lowest BCUT2D eigenvalue weighted by Gasteiger charge is -2.45. The van der Waals surface area contributed by atoms with E-state index >= 15 is 0 Å². The molecule has 0 N–H and O–H groups in total. The number of ether oxygens (including phenoxy) is 1. The molecular formula is C21H32N4O3. The zero-order valence-electron chi connectivity index (χ0n) is 17.2. The van der Waals surface area contributed by atoms with Crippen molar-refractivity contribution in [3.8, 4) is 0 Å². The van der Waals surface area contributed by atoms with Crippen LogP contribution in [0.4, 0.5) is 0 Å². The highest BCUT2D eigenvalue weighted by atomic mass is 16.5. The van der Waals surface area contributed by atoms with Crippen molar-refractivity contribution in [2.75, 3.05) is 32.8 Å². The van der Waals surface area contributed by atoms with Gasteiger partial charge in [0.15, 0.2) is 5.69 Å². The highest BCUT2D eigenvalue weighted by Crippen LogP contribution is 2.35. The third kappa shape index (κ3) is 3.81. The minimum atomic E-state index is -0.0241. The molecule has 28 heavy (non-hydrogen) atoms. The molecule has 4 rings (SSSR count). The van der Waals surface area contributed by atoms with Gasteiger partial charge in [0.25, 0.3) is 5.91 Å². The van der Waals surface area contributed by atoms with Crippen LogP contribution in [0.3, 0.4) is 0 Å². The van der Waals surface area contributed by atoms with E-state index in [2.05, 4.69) is 5.10 Å². The second-order valence-electron chi connectivity index (χ2n) is 8.67. The van der Waals surface area contributed by atoms with Gasteiger partial charge in [-0.3, -0.25) is 14.3 Å². The molecule has 3 fully saturated rings. The normalized spacial score (nSPS) is 23.2.